The molecule has 3 rings (SSSR count). The molecule has 0 atom stereocenters. The van der Waals surface area contributed by atoms with Crippen molar-refractivity contribution in [3.05, 3.63) is 34.4 Å². The van der Waals surface area contributed by atoms with Crippen molar-refractivity contribution in [3.8, 4) is 5.75 Å². The highest BCUT2D eigenvalue weighted by atomic mass is 16.5. The average Bonchev–Trinajstić information content (AvgIpc) is 2.65. The van der Waals surface area contributed by atoms with Gasteiger partial charge < -0.3 is 4.74 Å². The number of ether oxygens (including phenoxy) is 1. The summed E-state index contributed by atoms with van der Waals surface area (Å²) in [5.74, 6) is 1.19. The molecular weight excluding hydrogens is 172 g/mol. The summed E-state index contributed by atoms with van der Waals surface area (Å²) in [5, 5.41) is 0. The maximum Gasteiger partial charge on any atom is 0.126 e. The summed E-state index contributed by atoms with van der Waals surface area (Å²) >= 11 is 0. The Morgan fingerprint density at radius 3 is 3.00 bits per heavy atom. The molecular formula is C13H14O. The SMILES string of the molecule is CC1=Cc2ccc3c(c2CC1)OCC3. The van der Waals surface area contributed by atoms with Gasteiger partial charge in [0.15, 0.2) is 0 Å². The summed E-state index contributed by atoms with van der Waals surface area (Å²) in [4.78, 5) is 0. The van der Waals surface area contributed by atoms with Crippen molar-refractivity contribution < 1.29 is 4.74 Å². The standard InChI is InChI=1S/C13H14O/c1-9-2-5-12-11(8-9)4-3-10-6-7-14-13(10)12/h3-4,8H,2,5-7H2,1H3. The summed E-state index contributed by atoms with van der Waals surface area (Å²) in [6, 6.07) is 4.46. The van der Waals surface area contributed by atoms with Crippen molar-refractivity contribution in [2.24, 2.45) is 0 Å². The third-order valence-electron chi connectivity index (χ3n) is 3.17. The second kappa shape index (κ2) is 2.88. The van der Waals surface area contributed by atoms with Crippen LogP contribution in [0, 0.1) is 0 Å². The molecule has 1 aromatic carbocycles. The molecule has 72 valence electrons. The van der Waals surface area contributed by atoms with E-state index < -0.39 is 0 Å². The second-order valence-electron chi connectivity index (χ2n) is 4.21. The molecule has 2 aliphatic rings. The minimum Gasteiger partial charge on any atom is -0.493 e. The fourth-order valence-electron chi connectivity index (χ4n) is 2.38. The van der Waals surface area contributed by atoms with Crippen LogP contribution >= 0.6 is 0 Å². The first-order valence-corrected chi connectivity index (χ1v) is 5.29. The number of benzene rings is 1. The normalized spacial score (nSPS) is 18.2. The summed E-state index contributed by atoms with van der Waals surface area (Å²) in [6.45, 7) is 3.07. The maximum atomic E-state index is 5.70. The fraction of sp³-hybridized carbons (Fsp3) is 0.385. The molecule has 0 amide bonds. The molecule has 0 saturated heterocycles. The van der Waals surface area contributed by atoms with Crippen molar-refractivity contribution in [3.63, 3.8) is 0 Å². The van der Waals surface area contributed by atoms with Crippen LogP contribution in [0.4, 0.5) is 0 Å². The first-order valence-electron chi connectivity index (χ1n) is 5.29. The van der Waals surface area contributed by atoms with Gasteiger partial charge in [0, 0.05) is 12.0 Å². The Morgan fingerprint density at radius 1 is 1.14 bits per heavy atom. The van der Waals surface area contributed by atoms with E-state index in [1.807, 2.05) is 0 Å². The molecule has 0 aromatic heterocycles. The Hall–Kier alpha value is -1.24. The van der Waals surface area contributed by atoms with Gasteiger partial charge in [0.2, 0.25) is 0 Å². The molecule has 0 bridgehead atoms. The average molecular weight is 186 g/mol. The molecule has 1 aromatic rings. The maximum absolute atomic E-state index is 5.70. The number of allylic oxidation sites excluding steroid dienone is 1. The summed E-state index contributed by atoms with van der Waals surface area (Å²) in [6.07, 6.45) is 5.72. The molecule has 0 spiro atoms. The minimum atomic E-state index is 0.870. The molecule has 0 radical (unpaired) electrons. The van der Waals surface area contributed by atoms with E-state index in [0.717, 1.165) is 19.4 Å². The molecule has 0 unspecified atom stereocenters. The monoisotopic (exact) mass is 186 g/mol. The van der Waals surface area contributed by atoms with E-state index in [9.17, 15) is 0 Å². The highest BCUT2D eigenvalue weighted by Gasteiger charge is 2.20. The molecule has 0 fully saturated rings. The van der Waals surface area contributed by atoms with E-state index >= 15 is 0 Å². The highest BCUT2D eigenvalue weighted by Crippen LogP contribution is 2.36. The Kier molecular flexibility index (Phi) is 1.66. The van der Waals surface area contributed by atoms with Crippen LogP contribution in [0.2, 0.25) is 0 Å². The first-order chi connectivity index (χ1) is 6.84. The second-order valence-corrected chi connectivity index (χ2v) is 4.21. The number of hydrogen-bond donors (Lipinski definition) is 0. The van der Waals surface area contributed by atoms with Crippen LogP contribution in [0.3, 0.4) is 0 Å². The molecule has 1 aliphatic carbocycles. The molecule has 1 heteroatoms. The van der Waals surface area contributed by atoms with Crippen LogP contribution in [-0.4, -0.2) is 6.61 Å². The zero-order valence-electron chi connectivity index (χ0n) is 8.47. The van der Waals surface area contributed by atoms with Crippen molar-refractivity contribution in [2.45, 2.75) is 26.2 Å². The van der Waals surface area contributed by atoms with Crippen molar-refractivity contribution in [1.29, 1.82) is 0 Å². The fourth-order valence-corrected chi connectivity index (χ4v) is 2.38. The van der Waals surface area contributed by atoms with Crippen molar-refractivity contribution in [2.75, 3.05) is 6.61 Å². The lowest BCUT2D eigenvalue weighted by molar-refractivity contribution is 0.353. The zero-order valence-corrected chi connectivity index (χ0v) is 8.47. The molecule has 1 nitrogen and oxygen atoms in total. The minimum absolute atomic E-state index is 0.870. The van der Waals surface area contributed by atoms with Crippen molar-refractivity contribution in [1.82, 2.24) is 0 Å². The molecule has 1 heterocycles. The number of fused-ring (bicyclic) bond motifs is 3. The van der Waals surface area contributed by atoms with Gasteiger partial charge in [-0.15, -0.1) is 0 Å². The lowest BCUT2D eigenvalue weighted by Crippen LogP contribution is -2.00. The molecule has 0 saturated carbocycles. The van der Waals surface area contributed by atoms with Crippen LogP contribution in [0.5, 0.6) is 5.75 Å². The molecule has 14 heavy (non-hydrogen) atoms. The molecule has 0 N–H and O–H groups in total. The van der Waals surface area contributed by atoms with Crippen LogP contribution in [0.15, 0.2) is 17.7 Å². The predicted octanol–water partition coefficient (Wildman–Crippen LogP) is 2.97. The lowest BCUT2D eigenvalue weighted by atomic mass is 9.90. The van der Waals surface area contributed by atoms with Crippen LogP contribution in [0.25, 0.3) is 6.08 Å². The van der Waals surface area contributed by atoms with Gasteiger partial charge in [-0.1, -0.05) is 23.8 Å². The van der Waals surface area contributed by atoms with Gasteiger partial charge in [-0.2, -0.15) is 0 Å². The first kappa shape index (κ1) is 8.10. The summed E-state index contributed by atoms with van der Waals surface area (Å²) in [5.41, 5.74) is 5.69. The van der Waals surface area contributed by atoms with E-state index in [1.54, 1.807) is 0 Å². The van der Waals surface area contributed by atoms with E-state index in [1.165, 1.54) is 34.4 Å². The van der Waals surface area contributed by atoms with E-state index in [4.69, 9.17) is 4.74 Å². The highest BCUT2D eigenvalue weighted by molar-refractivity contribution is 5.64. The summed E-state index contributed by atoms with van der Waals surface area (Å²) < 4.78 is 5.70. The van der Waals surface area contributed by atoms with Crippen LogP contribution in [0.1, 0.15) is 30.0 Å². The van der Waals surface area contributed by atoms with E-state index in [-0.39, 0.29) is 0 Å². The Bertz CT molecular complexity index is 415. The molecule has 1 aliphatic heterocycles. The van der Waals surface area contributed by atoms with Crippen molar-refractivity contribution >= 4 is 6.08 Å². The lowest BCUT2D eigenvalue weighted by Gasteiger charge is -2.16. The van der Waals surface area contributed by atoms with Gasteiger partial charge in [0.05, 0.1) is 6.61 Å². The van der Waals surface area contributed by atoms with E-state index in [0.29, 0.717) is 0 Å². The quantitative estimate of drug-likeness (QED) is 0.605. The Labute approximate surface area is 84.4 Å². The third-order valence-corrected chi connectivity index (χ3v) is 3.17. The van der Waals surface area contributed by atoms with Gasteiger partial charge in [-0.05, 0) is 30.9 Å². The van der Waals surface area contributed by atoms with Gasteiger partial charge in [0.1, 0.15) is 5.75 Å². The van der Waals surface area contributed by atoms with Crippen LogP contribution < -0.4 is 4.74 Å². The van der Waals surface area contributed by atoms with Gasteiger partial charge >= 0.3 is 0 Å². The van der Waals surface area contributed by atoms with Gasteiger partial charge in [-0.25, -0.2) is 0 Å². The Balaban J connectivity index is 2.20. The van der Waals surface area contributed by atoms with E-state index in [2.05, 4.69) is 25.1 Å². The summed E-state index contributed by atoms with van der Waals surface area (Å²) in [7, 11) is 0. The van der Waals surface area contributed by atoms with Crippen LogP contribution in [-0.2, 0) is 12.8 Å². The van der Waals surface area contributed by atoms with Gasteiger partial charge in [-0.3, -0.25) is 0 Å². The van der Waals surface area contributed by atoms with Gasteiger partial charge in [0.25, 0.3) is 0 Å². The number of hydrogen-bond acceptors (Lipinski definition) is 1. The smallest absolute Gasteiger partial charge is 0.126 e. The largest absolute Gasteiger partial charge is 0.493 e. The predicted molar refractivity (Wildman–Crippen MR) is 57.6 cm³/mol. The zero-order chi connectivity index (χ0) is 9.54. The number of rotatable bonds is 0. The third kappa shape index (κ3) is 1.08. The topological polar surface area (TPSA) is 9.23 Å². The Morgan fingerprint density at radius 2 is 2.07 bits per heavy atom.